The van der Waals surface area contributed by atoms with Crippen LogP contribution < -0.4 is 19.7 Å². The molecule has 1 aliphatic carbocycles. The number of rotatable bonds is 8. The van der Waals surface area contributed by atoms with Crippen LogP contribution in [0.25, 0.3) is 0 Å². The molecule has 174 valence electrons. The van der Waals surface area contributed by atoms with E-state index in [-0.39, 0.29) is 0 Å². The summed E-state index contributed by atoms with van der Waals surface area (Å²) in [6.07, 6.45) is 5.09. The summed E-state index contributed by atoms with van der Waals surface area (Å²) < 4.78 is 13.1. The first-order valence-electron chi connectivity index (χ1n) is 11.4. The molecule has 1 aliphatic heterocycles. The van der Waals surface area contributed by atoms with Gasteiger partial charge in [-0.25, -0.2) is 4.68 Å². The maximum Gasteiger partial charge on any atom is 0.322 e. The van der Waals surface area contributed by atoms with Gasteiger partial charge in [0.05, 0.1) is 19.0 Å². The van der Waals surface area contributed by atoms with Crippen molar-refractivity contribution in [3.63, 3.8) is 0 Å². The fourth-order valence-corrected chi connectivity index (χ4v) is 5.07. The van der Waals surface area contributed by atoms with Gasteiger partial charge in [-0.05, 0) is 49.3 Å². The van der Waals surface area contributed by atoms with Crippen LogP contribution in [0.2, 0.25) is 5.02 Å². The van der Waals surface area contributed by atoms with Crippen molar-refractivity contribution in [2.45, 2.75) is 38.8 Å². The molecule has 0 spiro atoms. The first-order chi connectivity index (χ1) is 16.1. The number of methoxy groups -OCH3 is 1. The average Bonchev–Trinajstić information content (AvgIpc) is 3.28. The monoisotopic (exact) mass is 469 g/mol. The molecule has 0 radical (unpaired) electrons. The Bertz CT molecular complexity index is 1090. The molecule has 0 amide bonds. The molecule has 0 unspecified atom stereocenters. The fourth-order valence-electron chi connectivity index (χ4n) is 4.89. The van der Waals surface area contributed by atoms with Crippen LogP contribution in [0.1, 0.15) is 26.2 Å². The van der Waals surface area contributed by atoms with Gasteiger partial charge in [0, 0.05) is 36.8 Å². The van der Waals surface area contributed by atoms with Crippen LogP contribution >= 0.6 is 11.6 Å². The second kappa shape index (κ2) is 9.43. The smallest absolute Gasteiger partial charge is 0.322 e. The summed E-state index contributed by atoms with van der Waals surface area (Å²) in [6, 6.07) is 10.1. The van der Waals surface area contributed by atoms with Crippen LogP contribution in [0.5, 0.6) is 17.6 Å². The summed E-state index contributed by atoms with van der Waals surface area (Å²) in [6.45, 7) is 4.73. The van der Waals surface area contributed by atoms with Gasteiger partial charge in [0.1, 0.15) is 5.75 Å². The topological polar surface area (TPSA) is 90.2 Å². The number of hydrogen-bond acceptors (Lipinski definition) is 8. The highest BCUT2D eigenvalue weighted by molar-refractivity contribution is 6.30. The number of aryl methyl sites for hydroxylation is 1. The molecule has 10 heteroatoms. The largest absolute Gasteiger partial charge is 0.480 e. The zero-order valence-corrected chi connectivity index (χ0v) is 19.6. The third-order valence-corrected chi connectivity index (χ3v) is 6.63. The van der Waals surface area contributed by atoms with E-state index in [1.165, 1.54) is 12.8 Å². The zero-order chi connectivity index (χ0) is 22.8. The van der Waals surface area contributed by atoms with Crippen molar-refractivity contribution in [2.75, 3.05) is 30.4 Å². The molecular weight excluding hydrogens is 442 g/mol. The van der Waals surface area contributed by atoms with Crippen molar-refractivity contribution in [2.24, 2.45) is 11.8 Å². The standard InChI is InChI=1S/C23H28ClN7O2/c1-3-9-31-23(33-19-6-4-5-17(24)10-19)27-22(29-31)26-21-15-7-8-16(21)14-30(13-15)18-11-20(32-2)28-25-12-18/h4-6,10-12,15-16,21H,3,7-9,13-14H2,1-2H3,(H,26,29)/t15-,16+,21-. The minimum Gasteiger partial charge on any atom is -0.480 e. The van der Waals surface area contributed by atoms with Gasteiger partial charge in [-0.3, -0.25) is 0 Å². The van der Waals surface area contributed by atoms with E-state index in [4.69, 9.17) is 26.2 Å². The summed E-state index contributed by atoms with van der Waals surface area (Å²) in [5.41, 5.74) is 1.06. The Hall–Kier alpha value is -3.07. The Morgan fingerprint density at radius 1 is 1.18 bits per heavy atom. The number of anilines is 2. The molecule has 33 heavy (non-hydrogen) atoms. The van der Waals surface area contributed by atoms with Gasteiger partial charge in [0.2, 0.25) is 11.8 Å². The lowest BCUT2D eigenvalue weighted by atomic mass is 9.92. The Balaban J connectivity index is 1.30. The maximum absolute atomic E-state index is 6.10. The molecule has 2 bridgehead atoms. The number of nitrogens with one attached hydrogen (secondary N) is 1. The van der Waals surface area contributed by atoms with Crippen LogP contribution in [0.3, 0.4) is 0 Å². The first-order valence-corrected chi connectivity index (χ1v) is 11.8. The Morgan fingerprint density at radius 2 is 2.00 bits per heavy atom. The molecule has 3 aromatic rings. The summed E-state index contributed by atoms with van der Waals surface area (Å²) in [4.78, 5) is 7.05. The highest BCUT2D eigenvalue weighted by atomic mass is 35.5. The molecule has 3 atom stereocenters. The van der Waals surface area contributed by atoms with Crippen LogP contribution in [0.15, 0.2) is 36.5 Å². The number of ether oxygens (including phenoxy) is 2. The van der Waals surface area contributed by atoms with Gasteiger partial charge in [-0.1, -0.05) is 24.6 Å². The van der Waals surface area contributed by atoms with Crippen LogP contribution in [-0.2, 0) is 6.54 Å². The number of aromatic nitrogens is 5. The maximum atomic E-state index is 6.10. The van der Waals surface area contributed by atoms with Crippen molar-refractivity contribution < 1.29 is 9.47 Å². The van der Waals surface area contributed by atoms with E-state index in [0.717, 1.165) is 31.7 Å². The minimum absolute atomic E-state index is 0.328. The van der Waals surface area contributed by atoms with E-state index >= 15 is 0 Å². The van der Waals surface area contributed by atoms with Crippen LogP contribution in [-0.4, -0.2) is 51.2 Å². The number of piperidine rings is 1. The van der Waals surface area contributed by atoms with Crippen LogP contribution in [0, 0.1) is 11.8 Å². The van der Waals surface area contributed by atoms with Gasteiger partial charge in [0.25, 0.3) is 0 Å². The lowest BCUT2D eigenvalue weighted by Gasteiger charge is -2.39. The van der Waals surface area contributed by atoms with Gasteiger partial charge in [-0.2, -0.15) is 10.1 Å². The minimum atomic E-state index is 0.328. The van der Waals surface area contributed by atoms with Gasteiger partial charge in [0.15, 0.2) is 0 Å². The fraction of sp³-hybridized carbons (Fsp3) is 0.478. The van der Waals surface area contributed by atoms with Gasteiger partial charge in [-0.15, -0.1) is 10.2 Å². The lowest BCUT2D eigenvalue weighted by molar-refractivity contribution is 0.372. The molecule has 1 saturated heterocycles. The van der Waals surface area contributed by atoms with E-state index in [9.17, 15) is 0 Å². The predicted octanol–water partition coefficient (Wildman–Crippen LogP) is 4.26. The normalized spacial score (nSPS) is 21.8. The van der Waals surface area contributed by atoms with Crippen molar-refractivity contribution in [1.29, 1.82) is 0 Å². The highest BCUT2D eigenvalue weighted by Crippen LogP contribution is 2.40. The van der Waals surface area contributed by atoms with E-state index < -0.39 is 0 Å². The average molecular weight is 470 g/mol. The van der Waals surface area contributed by atoms with E-state index in [1.807, 2.05) is 35.1 Å². The Kier molecular flexibility index (Phi) is 6.22. The summed E-state index contributed by atoms with van der Waals surface area (Å²) in [5.74, 6) is 2.80. The second-order valence-electron chi connectivity index (χ2n) is 8.63. The quantitative estimate of drug-likeness (QED) is 0.523. The third kappa shape index (κ3) is 4.68. The van der Waals surface area contributed by atoms with Crippen LogP contribution in [0.4, 0.5) is 11.6 Å². The molecule has 3 heterocycles. The van der Waals surface area contributed by atoms with Crippen molar-refractivity contribution in [3.05, 3.63) is 41.6 Å². The summed E-state index contributed by atoms with van der Waals surface area (Å²) in [5, 5.41) is 17.0. The zero-order valence-electron chi connectivity index (χ0n) is 18.8. The number of benzene rings is 1. The predicted molar refractivity (Wildman–Crippen MR) is 126 cm³/mol. The summed E-state index contributed by atoms with van der Waals surface area (Å²) in [7, 11) is 1.61. The van der Waals surface area contributed by atoms with Gasteiger partial charge >= 0.3 is 6.01 Å². The molecule has 1 N–H and O–H groups in total. The molecule has 2 aromatic heterocycles. The Labute approximate surface area is 198 Å². The van der Waals surface area contributed by atoms with Gasteiger partial charge < -0.3 is 19.7 Å². The Morgan fingerprint density at radius 3 is 2.73 bits per heavy atom. The van der Waals surface area contributed by atoms with Crippen molar-refractivity contribution in [3.8, 4) is 17.6 Å². The van der Waals surface area contributed by atoms with Crippen molar-refractivity contribution >= 4 is 23.2 Å². The SMILES string of the molecule is CCCn1nc(N[C@@H]2[C@@H]3CC[C@H]2CN(c2cnnc(OC)c2)C3)nc1Oc1cccc(Cl)c1. The number of hydrogen-bond donors (Lipinski definition) is 1. The number of halogens is 1. The highest BCUT2D eigenvalue weighted by Gasteiger charge is 2.42. The first kappa shape index (κ1) is 21.8. The van der Waals surface area contributed by atoms with E-state index in [2.05, 4.69) is 32.3 Å². The molecule has 2 aliphatic rings. The molecule has 1 saturated carbocycles. The molecule has 9 nitrogen and oxygen atoms in total. The number of nitrogens with zero attached hydrogens (tertiary/aromatic N) is 6. The lowest BCUT2D eigenvalue weighted by Crippen LogP contribution is -2.48. The van der Waals surface area contributed by atoms with E-state index in [1.54, 1.807) is 13.2 Å². The molecule has 1 aromatic carbocycles. The van der Waals surface area contributed by atoms with E-state index in [0.29, 0.717) is 46.5 Å². The third-order valence-electron chi connectivity index (χ3n) is 6.40. The molecule has 5 rings (SSSR count). The van der Waals surface area contributed by atoms with Crippen molar-refractivity contribution in [1.82, 2.24) is 25.0 Å². The summed E-state index contributed by atoms with van der Waals surface area (Å²) >= 11 is 6.10. The number of fused-ring (bicyclic) bond motifs is 2. The molecular formula is C23H28ClN7O2. The molecule has 2 fully saturated rings. The second-order valence-corrected chi connectivity index (χ2v) is 9.07.